The third kappa shape index (κ3) is 3.99. The number of nitrogens with one attached hydrogen (secondary N) is 2. The molecule has 1 aromatic carbocycles. The minimum Gasteiger partial charge on any atom is -0.481 e. The topological polar surface area (TPSA) is 147 Å². The number of fused-ring (bicyclic) bond motifs is 1. The molecular formula is C20H20N6O3. The van der Waals surface area contributed by atoms with Gasteiger partial charge in [-0.3, -0.25) is 9.59 Å². The van der Waals surface area contributed by atoms with Crippen molar-refractivity contribution < 1.29 is 14.7 Å². The summed E-state index contributed by atoms with van der Waals surface area (Å²) in [5.41, 5.74) is 9.65. The highest BCUT2D eigenvalue weighted by Gasteiger charge is 2.22. The number of nitrogen functional groups attached to an aromatic ring is 1. The number of aliphatic carboxylic acids is 1. The van der Waals surface area contributed by atoms with Gasteiger partial charge in [-0.2, -0.15) is 0 Å². The fraction of sp³-hybridized carbons (Fsp3) is 0.250. The van der Waals surface area contributed by atoms with Crippen molar-refractivity contribution in [1.82, 2.24) is 25.3 Å². The lowest BCUT2D eigenvalue weighted by molar-refractivity contribution is -0.138. The number of rotatable bonds is 6. The van der Waals surface area contributed by atoms with Crippen LogP contribution in [0, 0.1) is 0 Å². The van der Waals surface area contributed by atoms with Gasteiger partial charge >= 0.3 is 5.97 Å². The lowest BCUT2D eigenvalue weighted by Crippen LogP contribution is -2.38. The van der Waals surface area contributed by atoms with Crippen LogP contribution in [0.15, 0.2) is 36.5 Å². The molecule has 3 aromatic rings. The number of anilines is 1. The van der Waals surface area contributed by atoms with Crippen LogP contribution < -0.4 is 11.1 Å². The summed E-state index contributed by atoms with van der Waals surface area (Å²) >= 11 is 0. The Labute approximate surface area is 166 Å². The average Bonchev–Trinajstić information content (AvgIpc) is 3.16. The summed E-state index contributed by atoms with van der Waals surface area (Å²) in [6.07, 6.45) is 3.83. The maximum Gasteiger partial charge on any atom is 0.303 e. The number of ketones is 1. The summed E-state index contributed by atoms with van der Waals surface area (Å²) in [4.78, 5) is 39.6. The lowest BCUT2D eigenvalue weighted by atomic mass is 9.97. The molecule has 0 saturated carbocycles. The number of nitrogens with zero attached hydrogens (tertiary/aromatic N) is 3. The molecule has 1 unspecified atom stereocenters. The molecule has 1 atom stereocenters. The Morgan fingerprint density at radius 2 is 2.03 bits per heavy atom. The third-order valence-corrected chi connectivity index (χ3v) is 4.80. The first-order chi connectivity index (χ1) is 14.0. The summed E-state index contributed by atoms with van der Waals surface area (Å²) in [5, 5.41) is 11.9. The van der Waals surface area contributed by atoms with E-state index in [0.29, 0.717) is 30.2 Å². The normalized spacial score (nSPS) is 16.6. The van der Waals surface area contributed by atoms with Crippen LogP contribution in [0.25, 0.3) is 28.1 Å². The van der Waals surface area contributed by atoms with Crippen LogP contribution in [0.1, 0.15) is 25.0 Å². The van der Waals surface area contributed by atoms with Gasteiger partial charge < -0.3 is 21.1 Å². The molecule has 0 fully saturated rings. The SMILES string of the molecule is Nc1ncc(C2=CC(C(=O)CCC(=O)O)NCC2)nc1-c1nc2ccccc2[nH]1. The number of benzene rings is 1. The third-order valence-electron chi connectivity index (χ3n) is 4.80. The first-order valence-corrected chi connectivity index (χ1v) is 9.28. The smallest absolute Gasteiger partial charge is 0.303 e. The quantitative estimate of drug-likeness (QED) is 0.496. The predicted molar refractivity (Wildman–Crippen MR) is 108 cm³/mol. The number of carbonyl (C=O) groups excluding carboxylic acids is 1. The first kappa shape index (κ1) is 18.8. The summed E-state index contributed by atoms with van der Waals surface area (Å²) in [5.74, 6) is -0.359. The van der Waals surface area contributed by atoms with Crippen molar-refractivity contribution in [2.75, 3.05) is 12.3 Å². The summed E-state index contributed by atoms with van der Waals surface area (Å²) < 4.78 is 0. The lowest BCUT2D eigenvalue weighted by Gasteiger charge is -2.21. The number of hydrogen-bond acceptors (Lipinski definition) is 7. The molecule has 0 bridgehead atoms. The highest BCUT2D eigenvalue weighted by Crippen LogP contribution is 2.26. The number of imidazole rings is 1. The number of nitrogens with two attached hydrogens (primary N) is 1. The van der Waals surface area contributed by atoms with Gasteiger partial charge in [-0.15, -0.1) is 0 Å². The minimum absolute atomic E-state index is 0.0194. The largest absolute Gasteiger partial charge is 0.481 e. The molecule has 2 aromatic heterocycles. The van der Waals surface area contributed by atoms with Gasteiger partial charge in [0.05, 0.1) is 35.4 Å². The number of H-pyrrole nitrogens is 1. The van der Waals surface area contributed by atoms with E-state index in [0.717, 1.165) is 16.6 Å². The van der Waals surface area contributed by atoms with Crippen LogP contribution in [0.3, 0.4) is 0 Å². The fourth-order valence-electron chi connectivity index (χ4n) is 3.30. The number of carboxylic acid groups (broad SMARTS) is 1. The molecule has 5 N–H and O–H groups in total. The molecule has 29 heavy (non-hydrogen) atoms. The second-order valence-corrected chi connectivity index (χ2v) is 6.83. The van der Waals surface area contributed by atoms with Crippen molar-refractivity contribution in [2.24, 2.45) is 0 Å². The van der Waals surface area contributed by atoms with Gasteiger partial charge in [-0.1, -0.05) is 18.2 Å². The summed E-state index contributed by atoms with van der Waals surface area (Å²) in [7, 11) is 0. The Kier molecular flexibility index (Phi) is 5.05. The zero-order chi connectivity index (χ0) is 20.4. The molecule has 148 valence electrons. The Morgan fingerprint density at radius 3 is 2.83 bits per heavy atom. The van der Waals surface area contributed by atoms with Crippen molar-refractivity contribution in [3.8, 4) is 11.5 Å². The van der Waals surface area contributed by atoms with Crippen molar-refractivity contribution in [1.29, 1.82) is 0 Å². The Hall–Kier alpha value is -3.59. The molecule has 0 spiro atoms. The highest BCUT2D eigenvalue weighted by atomic mass is 16.4. The fourth-order valence-corrected chi connectivity index (χ4v) is 3.30. The zero-order valence-corrected chi connectivity index (χ0v) is 15.6. The molecule has 0 saturated heterocycles. The van der Waals surface area contributed by atoms with E-state index in [9.17, 15) is 9.59 Å². The maximum atomic E-state index is 12.3. The second kappa shape index (κ2) is 7.80. The molecule has 0 amide bonds. The molecule has 0 radical (unpaired) electrons. The first-order valence-electron chi connectivity index (χ1n) is 9.28. The number of aromatic nitrogens is 4. The number of carbonyl (C=O) groups is 2. The van der Waals surface area contributed by atoms with E-state index in [1.54, 1.807) is 12.3 Å². The van der Waals surface area contributed by atoms with Crippen molar-refractivity contribution in [2.45, 2.75) is 25.3 Å². The monoisotopic (exact) mass is 392 g/mol. The number of carboxylic acids is 1. The number of Topliss-reactive ketones (excluding diaryl/α,β-unsaturated/α-hetero) is 1. The number of hydrogen-bond donors (Lipinski definition) is 4. The van der Waals surface area contributed by atoms with Crippen molar-refractivity contribution in [3.63, 3.8) is 0 Å². The predicted octanol–water partition coefficient (Wildman–Crippen LogP) is 1.78. The van der Waals surface area contributed by atoms with Gasteiger partial charge in [-0.05, 0) is 24.1 Å². The van der Waals surface area contributed by atoms with Gasteiger partial charge in [-0.25, -0.2) is 15.0 Å². The number of para-hydroxylation sites is 2. The highest BCUT2D eigenvalue weighted by molar-refractivity contribution is 5.90. The van der Waals surface area contributed by atoms with Crippen LogP contribution in [0.4, 0.5) is 5.82 Å². The van der Waals surface area contributed by atoms with E-state index < -0.39 is 12.0 Å². The van der Waals surface area contributed by atoms with E-state index >= 15 is 0 Å². The van der Waals surface area contributed by atoms with E-state index in [-0.39, 0.29) is 24.4 Å². The van der Waals surface area contributed by atoms with Gasteiger partial charge in [0.25, 0.3) is 0 Å². The molecule has 9 heteroatoms. The van der Waals surface area contributed by atoms with Crippen LogP contribution in [0.5, 0.6) is 0 Å². The van der Waals surface area contributed by atoms with Gasteiger partial charge in [0.1, 0.15) is 5.69 Å². The standard InChI is InChI=1S/C20H20N6O3/c21-19-18(20-25-12-3-1-2-4-13(12)26-20)24-15(10-23-19)11-7-8-22-14(9-11)16(27)5-6-17(28)29/h1-4,9-10,14,22H,5-8H2,(H2,21,23)(H,25,26)(H,28,29). The average molecular weight is 392 g/mol. The van der Waals surface area contributed by atoms with Crippen molar-refractivity contribution >= 4 is 34.2 Å². The summed E-state index contributed by atoms with van der Waals surface area (Å²) in [6.45, 7) is 0.585. The molecule has 0 aliphatic carbocycles. The maximum absolute atomic E-state index is 12.3. The Bertz CT molecular complexity index is 1090. The van der Waals surface area contributed by atoms with E-state index in [2.05, 4.69) is 25.3 Å². The van der Waals surface area contributed by atoms with Crippen molar-refractivity contribution in [3.05, 3.63) is 42.2 Å². The summed E-state index contributed by atoms with van der Waals surface area (Å²) in [6, 6.07) is 7.09. The Balaban J connectivity index is 1.64. The molecular weight excluding hydrogens is 372 g/mol. The van der Waals surface area contributed by atoms with Gasteiger partial charge in [0.2, 0.25) is 0 Å². The molecule has 1 aliphatic rings. The van der Waals surface area contributed by atoms with Gasteiger partial charge in [0.15, 0.2) is 17.4 Å². The zero-order valence-electron chi connectivity index (χ0n) is 15.6. The van der Waals surface area contributed by atoms with Crippen LogP contribution in [-0.2, 0) is 9.59 Å². The molecule has 1 aliphatic heterocycles. The van der Waals surface area contributed by atoms with Crippen LogP contribution in [-0.4, -0.2) is 49.4 Å². The van der Waals surface area contributed by atoms with E-state index in [1.165, 1.54) is 0 Å². The van der Waals surface area contributed by atoms with Gasteiger partial charge in [0, 0.05) is 13.0 Å². The molecule has 4 rings (SSSR count). The minimum atomic E-state index is -0.988. The second-order valence-electron chi connectivity index (χ2n) is 6.83. The van der Waals surface area contributed by atoms with E-state index in [4.69, 9.17) is 10.8 Å². The molecule has 9 nitrogen and oxygen atoms in total. The van der Waals surface area contributed by atoms with Crippen LogP contribution in [0.2, 0.25) is 0 Å². The van der Waals surface area contributed by atoms with Crippen LogP contribution >= 0.6 is 0 Å². The molecule has 3 heterocycles. The number of aromatic amines is 1. The van der Waals surface area contributed by atoms with E-state index in [1.807, 2.05) is 24.3 Å². The Morgan fingerprint density at radius 1 is 1.21 bits per heavy atom.